The van der Waals surface area contributed by atoms with Gasteiger partial charge in [-0.1, -0.05) is 6.58 Å². The number of piperidine rings is 1. The number of amides is 1. The van der Waals surface area contributed by atoms with Crippen LogP contribution in [0.4, 0.5) is 41.9 Å². The number of halogens is 3. The first-order chi connectivity index (χ1) is 22.7. The molecule has 3 aromatic rings. The standard InChI is InChI=1S/C33H38F3N7O4/c1-4-31(44)40-24-15-25(28(45-3)16-27(24)41-10-7-21(8-11-41)42-12-14-46-20(2)18-42)39-29-17-30(38-19-37-29)43-26(9-13-47-43)32-22(34)5-6-23(35)33(32)36/h4-6,15-17,19-21,26H,1,7-14,18H2,2-3H3,(H,40,44)(H,37,38,39)/t20-,26+/m0/s1. The molecular formula is C33H38F3N7O4. The molecule has 2 N–H and O–H groups in total. The lowest BCUT2D eigenvalue weighted by Crippen LogP contribution is -2.51. The van der Waals surface area contributed by atoms with Crippen molar-refractivity contribution in [2.45, 2.75) is 44.4 Å². The molecule has 1 amide bonds. The van der Waals surface area contributed by atoms with E-state index < -0.39 is 29.1 Å². The zero-order valence-electron chi connectivity index (χ0n) is 26.3. The van der Waals surface area contributed by atoms with Crippen molar-refractivity contribution in [3.63, 3.8) is 0 Å². The topological polar surface area (TPSA) is 104 Å². The highest BCUT2D eigenvalue weighted by molar-refractivity contribution is 6.02. The van der Waals surface area contributed by atoms with Crippen LogP contribution in [-0.4, -0.2) is 79.4 Å². The molecule has 2 aromatic carbocycles. The third-order valence-corrected chi connectivity index (χ3v) is 8.81. The molecule has 2 atom stereocenters. The molecule has 250 valence electrons. The molecule has 47 heavy (non-hydrogen) atoms. The van der Waals surface area contributed by atoms with Crippen molar-refractivity contribution < 1.29 is 32.3 Å². The maximum Gasteiger partial charge on any atom is 0.247 e. The van der Waals surface area contributed by atoms with Crippen LogP contribution >= 0.6 is 0 Å². The van der Waals surface area contributed by atoms with Crippen LogP contribution in [0.1, 0.15) is 37.8 Å². The molecule has 0 radical (unpaired) electrons. The Bertz CT molecular complexity index is 1620. The Morgan fingerprint density at radius 1 is 1.04 bits per heavy atom. The fraction of sp³-hybridized carbons (Fsp3) is 0.424. The zero-order valence-corrected chi connectivity index (χ0v) is 26.3. The Kier molecular flexibility index (Phi) is 9.80. The number of nitrogens with one attached hydrogen (secondary N) is 2. The van der Waals surface area contributed by atoms with Gasteiger partial charge in [0, 0.05) is 50.8 Å². The number of nitrogens with zero attached hydrogens (tertiary/aromatic N) is 5. The molecule has 11 nitrogen and oxygen atoms in total. The van der Waals surface area contributed by atoms with Gasteiger partial charge in [-0.25, -0.2) is 28.2 Å². The number of benzene rings is 2. The summed E-state index contributed by atoms with van der Waals surface area (Å²) in [5, 5.41) is 7.39. The third kappa shape index (κ3) is 6.99. The van der Waals surface area contributed by atoms with Crippen LogP contribution in [0.15, 0.2) is 49.3 Å². The molecule has 0 aliphatic carbocycles. The average molecular weight is 654 g/mol. The Balaban J connectivity index is 1.25. The highest BCUT2D eigenvalue weighted by atomic mass is 19.2. The number of hydrogen-bond acceptors (Lipinski definition) is 10. The van der Waals surface area contributed by atoms with Crippen molar-refractivity contribution in [1.29, 1.82) is 0 Å². The summed E-state index contributed by atoms with van der Waals surface area (Å²) in [6.45, 7) is 10.0. The predicted molar refractivity (Wildman–Crippen MR) is 171 cm³/mol. The molecule has 0 bridgehead atoms. The van der Waals surface area contributed by atoms with Gasteiger partial charge in [-0.15, -0.1) is 0 Å². The first-order valence-corrected chi connectivity index (χ1v) is 15.7. The highest BCUT2D eigenvalue weighted by Gasteiger charge is 2.35. The third-order valence-electron chi connectivity index (χ3n) is 8.81. The van der Waals surface area contributed by atoms with Crippen LogP contribution in [0.25, 0.3) is 0 Å². The number of ether oxygens (including phenoxy) is 2. The molecule has 3 fully saturated rings. The van der Waals surface area contributed by atoms with E-state index in [1.165, 1.54) is 17.5 Å². The number of hydrogen-bond donors (Lipinski definition) is 2. The van der Waals surface area contributed by atoms with E-state index in [9.17, 15) is 18.0 Å². The molecule has 0 unspecified atom stereocenters. The SMILES string of the molecule is C=CC(=O)Nc1cc(Nc2cc(N3OCC[C@@H]3c3c(F)ccc(F)c3F)ncn2)c(OC)cc1N1CCC(N2CCO[C@@H](C)C2)CC1. The van der Waals surface area contributed by atoms with Crippen molar-refractivity contribution >= 4 is 34.6 Å². The van der Waals surface area contributed by atoms with Crippen LogP contribution in [0.5, 0.6) is 5.75 Å². The Morgan fingerprint density at radius 2 is 1.83 bits per heavy atom. The van der Waals surface area contributed by atoms with Crippen LogP contribution in [0.3, 0.4) is 0 Å². The summed E-state index contributed by atoms with van der Waals surface area (Å²) in [7, 11) is 1.55. The molecular weight excluding hydrogens is 615 g/mol. The quantitative estimate of drug-likeness (QED) is 0.232. The second kappa shape index (κ2) is 14.2. The largest absolute Gasteiger partial charge is 0.494 e. The van der Waals surface area contributed by atoms with E-state index in [0.29, 0.717) is 29.0 Å². The van der Waals surface area contributed by atoms with Crippen LogP contribution in [0.2, 0.25) is 0 Å². The summed E-state index contributed by atoms with van der Waals surface area (Å²) in [6.07, 6.45) is 4.86. The molecule has 0 saturated carbocycles. The minimum absolute atomic E-state index is 0.150. The summed E-state index contributed by atoms with van der Waals surface area (Å²) in [5.74, 6) is -2.63. The van der Waals surface area contributed by atoms with Gasteiger partial charge in [0.1, 0.15) is 23.7 Å². The zero-order chi connectivity index (χ0) is 33.1. The van der Waals surface area contributed by atoms with Gasteiger partial charge >= 0.3 is 0 Å². The fourth-order valence-electron chi connectivity index (χ4n) is 6.51. The van der Waals surface area contributed by atoms with E-state index >= 15 is 0 Å². The van der Waals surface area contributed by atoms with Crippen molar-refractivity contribution in [1.82, 2.24) is 14.9 Å². The van der Waals surface area contributed by atoms with Crippen LogP contribution in [0, 0.1) is 17.5 Å². The van der Waals surface area contributed by atoms with Gasteiger partial charge in [-0.05, 0) is 44.0 Å². The Labute approximate surface area is 271 Å². The first kappa shape index (κ1) is 32.5. The van der Waals surface area contributed by atoms with Crippen LogP contribution < -0.4 is 25.3 Å². The Morgan fingerprint density at radius 3 is 2.57 bits per heavy atom. The maximum absolute atomic E-state index is 14.7. The molecule has 6 rings (SSSR count). The lowest BCUT2D eigenvalue weighted by molar-refractivity contribution is -0.111. The van der Waals surface area contributed by atoms with Crippen molar-refractivity contribution in [2.75, 3.05) is 67.1 Å². The van der Waals surface area contributed by atoms with Crippen molar-refractivity contribution in [2.24, 2.45) is 0 Å². The Hall–Kier alpha value is -4.40. The summed E-state index contributed by atoms with van der Waals surface area (Å²) < 4.78 is 54.9. The van der Waals surface area contributed by atoms with E-state index in [0.717, 1.165) is 63.4 Å². The molecule has 4 heterocycles. The van der Waals surface area contributed by atoms with Gasteiger partial charge < -0.3 is 25.0 Å². The number of rotatable bonds is 9. The van der Waals surface area contributed by atoms with E-state index in [2.05, 4.69) is 43.9 Å². The smallest absolute Gasteiger partial charge is 0.247 e. The van der Waals surface area contributed by atoms with E-state index in [1.54, 1.807) is 19.2 Å². The average Bonchev–Trinajstić information content (AvgIpc) is 3.56. The number of morpholine rings is 1. The van der Waals surface area contributed by atoms with Crippen LogP contribution in [-0.2, 0) is 14.4 Å². The predicted octanol–water partition coefficient (Wildman–Crippen LogP) is 5.34. The van der Waals surface area contributed by atoms with Gasteiger partial charge in [-0.3, -0.25) is 14.5 Å². The lowest BCUT2D eigenvalue weighted by Gasteiger charge is -2.42. The maximum atomic E-state index is 14.7. The summed E-state index contributed by atoms with van der Waals surface area (Å²) in [4.78, 5) is 31.5. The van der Waals surface area contributed by atoms with Gasteiger partial charge in [-0.2, -0.15) is 0 Å². The van der Waals surface area contributed by atoms with Gasteiger partial charge in [0.15, 0.2) is 17.5 Å². The molecule has 3 aliphatic rings. The number of anilines is 5. The number of carbonyl (C=O) groups is 1. The van der Waals surface area contributed by atoms with Crippen molar-refractivity contribution in [3.8, 4) is 5.75 Å². The molecule has 3 saturated heterocycles. The number of hydroxylamine groups is 1. The van der Waals surface area contributed by atoms with Gasteiger partial charge in [0.05, 0.1) is 55.1 Å². The number of methoxy groups -OCH3 is 1. The minimum Gasteiger partial charge on any atom is -0.494 e. The summed E-state index contributed by atoms with van der Waals surface area (Å²) >= 11 is 0. The van der Waals surface area contributed by atoms with E-state index in [-0.39, 0.29) is 30.9 Å². The molecule has 14 heteroatoms. The monoisotopic (exact) mass is 653 g/mol. The van der Waals surface area contributed by atoms with Crippen molar-refractivity contribution in [3.05, 3.63) is 72.3 Å². The highest BCUT2D eigenvalue weighted by Crippen LogP contribution is 2.41. The second-order valence-corrected chi connectivity index (χ2v) is 11.8. The van der Waals surface area contributed by atoms with E-state index in [1.807, 2.05) is 6.07 Å². The number of aromatic nitrogens is 2. The fourth-order valence-corrected chi connectivity index (χ4v) is 6.51. The minimum atomic E-state index is -1.27. The summed E-state index contributed by atoms with van der Waals surface area (Å²) in [6, 6.07) is 6.34. The number of carbonyl (C=O) groups excluding carboxylic acids is 1. The summed E-state index contributed by atoms with van der Waals surface area (Å²) in [5.41, 5.74) is 1.44. The van der Waals surface area contributed by atoms with E-state index in [4.69, 9.17) is 14.3 Å². The lowest BCUT2D eigenvalue weighted by atomic mass is 10.0. The molecule has 3 aliphatic heterocycles. The molecule has 1 aromatic heterocycles. The molecule has 0 spiro atoms. The van der Waals surface area contributed by atoms with Gasteiger partial charge in [0.25, 0.3) is 0 Å². The van der Waals surface area contributed by atoms with Gasteiger partial charge in [0.2, 0.25) is 5.91 Å². The normalized spacial score (nSPS) is 20.7. The first-order valence-electron chi connectivity index (χ1n) is 15.7. The second-order valence-electron chi connectivity index (χ2n) is 11.8.